The summed E-state index contributed by atoms with van der Waals surface area (Å²) in [6.45, 7) is 6.10. The number of carbonyl (C=O) groups excluding carboxylic acids is 1. The molecule has 2 N–H and O–H groups in total. The fraction of sp³-hybridized carbons (Fsp3) is 0.467. The van der Waals surface area contributed by atoms with E-state index in [0.29, 0.717) is 12.3 Å². The Morgan fingerprint density at radius 3 is 2.45 bits per heavy atom. The molecule has 1 fully saturated rings. The van der Waals surface area contributed by atoms with Crippen LogP contribution in [0.2, 0.25) is 0 Å². The number of non-ortho nitro benzene ring substituents is 1. The second-order valence-corrected chi connectivity index (χ2v) is 6.22. The number of nitro groups is 1. The second kappa shape index (κ2) is 5.75. The van der Waals surface area contributed by atoms with Gasteiger partial charge in [0.1, 0.15) is 5.54 Å². The minimum absolute atomic E-state index is 0.00865. The van der Waals surface area contributed by atoms with Crippen LogP contribution in [0.4, 0.5) is 5.69 Å². The molecule has 1 aromatic rings. The molecular formula is C15H20N4O3. The number of nitro benzene ring substituents is 1. The molecule has 7 heteroatoms. The molecule has 0 spiro atoms. The summed E-state index contributed by atoms with van der Waals surface area (Å²) in [5.74, 6) is 0.268. The van der Waals surface area contributed by atoms with Gasteiger partial charge in [-0.1, -0.05) is 26.0 Å². The Bertz CT molecular complexity index is 612. The Kier molecular flexibility index (Phi) is 4.16. The van der Waals surface area contributed by atoms with Gasteiger partial charge < -0.3 is 5.32 Å². The van der Waals surface area contributed by atoms with Crippen molar-refractivity contribution in [1.82, 2.24) is 10.2 Å². The van der Waals surface area contributed by atoms with Crippen LogP contribution >= 0.6 is 0 Å². The van der Waals surface area contributed by atoms with Crippen molar-refractivity contribution in [2.75, 3.05) is 0 Å². The lowest BCUT2D eigenvalue weighted by Gasteiger charge is -2.24. The number of benzene rings is 1. The molecule has 1 heterocycles. The van der Waals surface area contributed by atoms with Gasteiger partial charge in [-0.2, -0.15) is 0 Å². The van der Waals surface area contributed by atoms with Gasteiger partial charge >= 0.3 is 0 Å². The van der Waals surface area contributed by atoms with Crippen molar-refractivity contribution in [2.45, 2.75) is 39.3 Å². The van der Waals surface area contributed by atoms with E-state index in [-0.39, 0.29) is 24.1 Å². The van der Waals surface area contributed by atoms with Gasteiger partial charge in [-0.15, -0.1) is 0 Å². The van der Waals surface area contributed by atoms with E-state index in [1.807, 2.05) is 13.8 Å². The highest BCUT2D eigenvalue weighted by Crippen LogP contribution is 2.26. The Morgan fingerprint density at radius 1 is 1.36 bits per heavy atom. The van der Waals surface area contributed by atoms with Gasteiger partial charge in [0.25, 0.3) is 11.6 Å². The van der Waals surface area contributed by atoms with Gasteiger partial charge in [0, 0.05) is 12.1 Å². The monoisotopic (exact) mass is 304 g/mol. The number of rotatable bonds is 5. The summed E-state index contributed by atoms with van der Waals surface area (Å²) in [6.07, 6.45) is 0.644. The molecule has 7 nitrogen and oxygen atoms in total. The van der Waals surface area contributed by atoms with Crippen LogP contribution in [0.15, 0.2) is 24.3 Å². The van der Waals surface area contributed by atoms with Crippen LogP contribution in [0.3, 0.4) is 0 Å². The maximum atomic E-state index is 12.6. The number of carbonyl (C=O) groups is 1. The van der Waals surface area contributed by atoms with Crippen LogP contribution in [-0.4, -0.2) is 27.2 Å². The highest BCUT2D eigenvalue weighted by atomic mass is 16.6. The Balaban J connectivity index is 2.14. The molecular weight excluding hydrogens is 284 g/mol. The largest absolute Gasteiger partial charge is 0.342 e. The molecule has 1 saturated heterocycles. The highest BCUT2D eigenvalue weighted by Gasteiger charge is 2.45. The van der Waals surface area contributed by atoms with E-state index in [9.17, 15) is 14.9 Å². The van der Waals surface area contributed by atoms with Crippen LogP contribution in [-0.2, 0) is 11.3 Å². The zero-order valence-electron chi connectivity index (χ0n) is 12.9. The number of nitrogens with zero attached hydrogens (tertiary/aromatic N) is 2. The first kappa shape index (κ1) is 15.9. The lowest BCUT2D eigenvalue weighted by Crippen LogP contribution is -2.44. The Hall–Kier alpha value is -2.44. The third-order valence-corrected chi connectivity index (χ3v) is 3.69. The minimum Gasteiger partial charge on any atom is -0.342 e. The highest BCUT2D eigenvalue weighted by molar-refractivity contribution is 6.07. The number of amides is 1. The van der Waals surface area contributed by atoms with E-state index in [1.165, 1.54) is 17.0 Å². The van der Waals surface area contributed by atoms with Crippen molar-refractivity contribution in [3.63, 3.8) is 0 Å². The number of nitrogens with one attached hydrogen (secondary N) is 2. The normalized spacial score (nSPS) is 21.4. The average Bonchev–Trinajstić information content (AvgIpc) is 2.62. The quantitative estimate of drug-likeness (QED) is 0.643. The third kappa shape index (κ3) is 3.08. The summed E-state index contributed by atoms with van der Waals surface area (Å²) in [7, 11) is 0. The van der Waals surface area contributed by atoms with Crippen molar-refractivity contribution in [3.05, 3.63) is 39.9 Å². The molecule has 22 heavy (non-hydrogen) atoms. The van der Waals surface area contributed by atoms with E-state index in [0.717, 1.165) is 5.56 Å². The summed E-state index contributed by atoms with van der Waals surface area (Å²) in [5.41, 5.74) is 0.0000931. The lowest BCUT2D eigenvalue weighted by atomic mass is 9.91. The first-order chi connectivity index (χ1) is 10.2. The molecule has 0 aromatic heterocycles. The van der Waals surface area contributed by atoms with Crippen molar-refractivity contribution in [1.29, 1.82) is 5.41 Å². The van der Waals surface area contributed by atoms with E-state index in [2.05, 4.69) is 5.32 Å². The molecule has 118 valence electrons. The van der Waals surface area contributed by atoms with Gasteiger partial charge in [0.15, 0.2) is 5.96 Å². The maximum absolute atomic E-state index is 12.6. The molecule has 0 saturated carbocycles. The van der Waals surface area contributed by atoms with E-state index in [4.69, 9.17) is 5.41 Å². The smallest absolute Gasteiger partial charge is 0.269 e. The van der Waals surface area contributed by atoms with E-state index in [1.54, 1.807) is 19.1 Å². The molecule has 1 aliphatic rings. The van der Waals surface area contributed by atoms with Crippen molar-refractivity contribution < 1.29 is 9.72 Å². The van der Waals surface area contributed by atoms with Crippen molar-refractivity contribution in [2.24, 2.45) is 5.92 Å². The molecule has 1 amide bonds. The van der Waals surface area contributed by atoms with E-state index < -0.39 is 10.5 Å². The van der Waals surface area contributed by atoms with Crippen LogP contribution in [0.5, 0.6) is 0 Å². The zero-order chi connectivity index (χ0) is 16.5. The van der Waals surface area contributed by atoms with Gasteiger partial charge in [-0.05, 0) is 24.8 Å². The summed E-state index contributed by atoms with van der Waals surface area (Å²) >= 11 is 0. The molecule has 1 aliphatic heterocycles. The molecule has 1 atom stereocenters. The summed E-state index contributed by atoms with van der Waals surface area (Å²) < 4.78 is 0. The second-order valence-electron chi connectivity index (χ2n) is 6.22. The SMILES string of the molecule is CC(C)CC1(C)NC(=N)N(Cc2ccc([N+](=O)[O-])cc2)C1=O. The summed E-state index contributed by atoms with van der Waals surface area (Å²) in [5, 5.41) is 21.6. The molecule has 0 radical (unpaired) electrons. The van der Waals surface area contributed by atoms with Gasteiger partial charge in [0.2, 0.25) is 0 Å². The Labute approximate surface area is 129 Å². The third-order valence-electron chi connectivity index (χ3n) is 3.69. The minimum atomic E-state index is -0.758. The van der Waals surface area contributed by atoms with E-state index >= 15 is 0 Å². The maximum Gasteiger partial charge on any atom is 0.269 e. The summed E-state index contributed by atoms with van der Waals surface area (Å²) in [4.78, 5) is 24.1. The van der Waals surface area contributed by atoms with Crippen LogP contribution < -0.4 is 5.32 Å². The number of hydrogen-bond donors (Lipinski definition) is 2. The van der Waals surface area contributed by atoms with Gasteiger partial charge in [-0.25, -0.2) is 0 Å². The van der Waals surface area contributed by atoms with Crippen LogP contribution in [0.1, 0.15) is 32.8 Å². The molecule has 0 aliphatic carbocycles. The Morgan fingerprint density at radius 2 is 1.95 bits per heavy atom. The topological polar surface area (TPSA) is 99.3 Å². The predicted molar refractivity (Wildman–Crippen MR) is 82.4 cm³/mol. The molecule has 1 unspecified atom stereocenters. The standard InChI is InChI=1S/C15H20N4O3/c1-10(2)8-15(3)13(20)18(14(16)17-15)9-11-4-6-12(7-5-11)19(21)22/h4-7,10H,8-9H2,1-3H3,(H2,16,17). The molecule has 2 rings (SSSR count). The zero-order valence-corrected chi connectivity index (χ0v) is 12.9. The number of hydrogen-bond acceptors (Lipinski definition) is 4. The van der Waals surface area contributed by atoms with Crippen molar-refractivity contribution >= 4 is 17.6 Å². The first-order valence-electron chi connectivity index (χ1n) is 7.15. The average molecular weight is 304 g/mol. The molecule has 0 bridgehead atoms. The lowest BCUT2D eigenvalue weighted by molar-refractivity contribution is -0.384. The predicted octanol–water partition coefficient (Wildman–Crippen LogP) is 2.27. The number of guanidine groups is 1. The van der Waals surface area contributed by atoms with Crippen LogP contribution in [0, 0.1) is 21.4 Å². The van der Waals surface area contributed by atoms with Crippen LogP contribution in [0.25, 0.3) is 0 Å². The summed E-state index contributed by atoms with van der Waals surface area (Å²) in [6, 6.07) is 6.02. The van der Waals surface area contributed by atoms with Crippen molar-refractivity contribution in [3.8, 4) is 0 Å². The first-order valence-corrected chi connectivity index (χ1v) is 7.15. The molecule has 1 aromatic carbocycles. The van der Waals surface area contributed by atoms with Gasteiger partial charge in [-0.3, -0.25) is 25.2 Å². The fourth-order valence-electron chi connectivity index (χ4n) is 2.79. The van der Waals surface area contributed by atoms with Gasteiger partial charge in [0.05, 0.1) is 11.5 Å². The fourth-order valence-corrected chi connectivity index (χ4v) is 2.79.